The van der Waals surface area contributed by atoms with Crippen LogP contribution in [0.5, 0.6) is 0 Å². The highest BCUT2D eigenvalue weighted by Gasteiger charge is 2.06. The number of rotatable bonds is 2. The van der Waals surface area contributed by atoms with E-state index in [2.05, 4.69) is 5.73 Å². The third kappa shape index (κ3) is 3.54. The van der Waals surface area contributed by atoms with Crippen molar-refractivity contribution in [3.05, 3.63) is 71.3 Å². The van der Waals surface area contributed by atoms with Gasteiger partial charge in [-0.25, -0.2) is 0 Å². The Balaban J connectivity index is 0.000000686. The normalized spacial score (nSPS) is 9.12. The highest BCUT2D eigenvalue weighted by molar-refractivity contribution is 6.08. The minimum Gasteiger partial charge on any atom is -0.333 e. The first-order valence-electron chi connectivity index (χ1n) is 5.51. The minimum absolute atomic E-state index is 0.0793. The van der Waals surface area contributed by atoms with Crippen LogP contribution in [0.4, 0.5) is 0 Å². The number of benzene rings is 2. The van der Waals surface area contributed by atoms with E-state index in [1.807, 2.05) is 61.5 Å². The maximum Gasteiger partial charge on any atom is 0.193 e. The lowest BCUT2D eigenvalue weighted by Crippen LogP contribution is -2.00. The molecule has 2 nitrogen and oxygen atoms in total. The summed E-state index contributed by atoms with van der Waals surface area (Å²) in [5.41, 5.74) is 7.15. The van der Waals surface area contributed by atoms with Crippen LogP contribution in [0, 0.1) is 6.92 Å². The Hall–Kier alpha value is -1.93. The van der Waals surface area contributed by atoms with Gasteiger partial charge in [-0.3, -0.25) is 4.79 Å². The molecular weight excluding hydrogens is 210 g/mol. The summed E-state index contributed by atoms with van der Waals surface area (Å²) in [6, 6.07) is 17.0. The predicted octanol–water partition coefficient (Wildman–Crippen LogP) is 2.80. The van der Waals surface area contributed by atoms with E-state index in [1.165, 1.54) is 12.6 Å². The van der Waals surface area contributed by atoms with Gasteiger partial charge in [0.2, 0.25) is 0 Å². The zero-order valence-electron chi connectivity index (χ0n) is 10.2. The van der Waals surface area contributed by atoms with Crippen molar-refractivity contribution in [1.29, 1.82) is 0 Å². The molecule has 0 saturated carbocycles. The number of hydrogen-bond donors (Lipinski definition) is 1. The van der Waals surface area contributed by atoms with E-state index in [1.54, 1.807) is 0 Å². The third-order valence-corrected chi connectivity index (χ3v) is 2.35. The van der Waals surface area contributed by atoms with Gasteiger partial charge in [0.25, 0.3) is 0 Å². The van der Waals surface area contributed by atoms with Gasteiger partial charge in [-0.2, -0.15) is 0 Å². The average Bonchev–Trinajstić information content (AvgIpc) is 2.42. The maximum absolute atomic E-state index is 12.0. The van der Waals surface area contributed by atoms with E-state index < -0.39 is 0 Å². The standard InChI is InChI=1S/C14H12O.CH5N/c1-11-7-9-13(10-8-11)14(15)12-5-3-2-4-6-12;1-2/h2-10H,1H3;2H2,1H3. The van der Waals surface area contributed by atoms with Crippen LogP contribution in [0.1, 0.15) is 21.5 Å². The van der Waals surface area contributed by atoms with Gasteiger partial charge in [0.05, 0.1) is 0 Å². The first-order chi connectivity index (χ1) is 8.27. The molecular formula is C15H17NO. The van der Waals surface area contributed by atoms with Crippen molar-refractivity contribution in [2.24, 2.45) is 5.73 Å². The predicted molar refractivity (Wildman–Crippen MR) is 71.2 cm³/mol. The summed E-state index contributed by atoms with van der Waals surface area (Å²) in [5, 5.41) is 0. The second-order valence-electron chi connectivity index (χ2n) is 3.56. The van der Waals surface area contributed by atoms with Crippen molar-refractivity contribution < 1.29 is 4.79 Å². The van der Waals surface area contributed by atoms with Gasteiger partial charge in [-0.05, 0) is 14.0 Å². The fourth-order valence-electron chi connectivity index (χ4n) is 1.46. The van der Waals surface area contributed by atoms with Crippen LogP contribution < -0.4 is 5.73 Å². The summed E-state index contributed by atoms with van der Waals surface area (Å²) in [5.74, 6) is 0.0793. The number of carbonyl (C=O) groups excluding carboxylic acids is 1. The van der Waals surface area contributed by atoms with E-state index in [9.17, 15) is 4.79 Å². The molecule has 0 spiro atoms. The molecule has 2 rings (SSSR count). The molecule has 2 aromatic carbocycles. The van der Waals surface area contributed by atoms with Gasteiger partial charge in [-0.15, -0.1) is 0 Å². The van der Waals surface area contributed by atoms with E-state index in [0.717, 1.165) is 11.1 Å². The summed E-state index contributed by atoms with van der Waals surface area (Å²) in [6.07, 6.45) is 0. The van der Waals surface area contributed by atoms with Crippen molar-refractivity contribution in [2.45, 2.75) is 6.92 Å². The third-order valence-electron chi connectivity index (χ3n) is 2.35. The van der Waals surface area contributed by atoms with E-state index >= 15 is 0 Å². The minimum atomic E-state index is 0.0793. The fraction of sp³-hybridized carbons (Fsp3) is 0.133. The summed E-state index contributed by atoms with van der Waals surface area (Å²) >= 11 is 0. The van der Waals surface area contributed by atoms with Gasteiger partial charge in [0.15, 0.2) is 5.78 Å². The molecule has 2 heteroatoms. The summed E-state index contributed by atoms with van der Waals surface area (Å²) in [6.45, 7) is 2.01. The van der Waals surface area contributed by atoms with Crippen LogP contribution in [0.2, 0.25) is 0 Å². The Morgan fingerprint density at radius 1 is 0.824 bits per heavy atom. The quantitative estimate of drug-likeness (QED) is 0.802. The first kappa shape index (κ1) is 13.1. The summed E-state index contributed by atoms with van der Waals surface area (Å²) in [4.78, 5) is 12.0. The van der Waals surface area contributed by atoms with E-state index in [4.69, 9.17) is 0 Å². The van der Waals surface area contributed by atoms with Gasteiger partial charge < -0.3 is 5.73 Å². The number of carbonyl (C=O) groups is 1. The smallest absolute Gasteiger partial charge is 0.193 e. The second kappa shape index (κ2) is 6.61. The molecule has 0 aromatic heterocycles. The summed E-state index contributed by atoms with van der Waals surface area (Å²) < 4.78 is 0. The lowest BCUT2D eigenvalue weighted by atomic mass is 10.0. The molecule has 17 heavy (non-hydrogen) atoms. The maximum atomic E-state index is 12.0. The van der Waals surface area contributed by atoms with Gasteiger partial charge in [0.1, 0.15) is 0 Å². The lowest BCUT2D eigenvalue weighted by molar-refractivity contribution is 0.103. The van der Waals surface area contributed by atoms with Crippen LogP contribution in [0.25, 0.3) is 0 Å². The van der Waals surface area contributed by atoms with Crippen LogP contribution >= 0.6 is 0 Å². The molecule has 0 unspecified atom stereocenters. The topological polar surface area (TPSA) is 43.1 Å². The van der Waals surface area contributed by atoms with Gasteiger partial charge in [-0.1, -0.05) is 60.2 Å². The Labute approximate surface area is 102 Å². The Bertz CT molecular complexity index is 460. The molecule has 0 aliphatic carbocycles. The van der Waals surface area contributed by atoms with E-state index in [-0.39, 0.29) is 5.78 Å². The fourth-order valence-corrected chi connectivity index (χ4v) is 1.46. The van der Waals surface area contributed by atoms with Gasteiger partial charge in [0, 0.05) is 11.1 Å². The molecule has 0 atom stereocenters. The molecule has 0 amide bonds. The van der Waals surface area contributed by atoms with Crippen molar-refractivity contribution in [2.75, 3.05) is 7.05 Å². The molecule has 0 aliphatic rings. The summed E-state index contributed by atoms with van der Waals surface area (Å²) in [7, 11) is 1.50. The number of nitrogens with two attached hydrogens (primary N) is 1. The first-order valence-corrected chi connectivity index (χ1v) is 5.51. The highest BCUT2D eigenvalue weighted by atomic mass is 16.1. The SMILES string of the molecule is CN.Cc1ccc(C(=O)c2ccccc2)cc1. The van der Waals surface area contributed by atoms with Crippen LogP contribution in [0.3, 0.4) is 0 Å². The van der Waals surface area contributed by atoms with Crippen molar-refractivity contribution in [1.82, 2.24) is 0 Å². The molecule has 0 fully saturated rings. The second-order valence-corrected chi connectivity index (χ2v) is 3.56. The van der Waals surface area contributed by atoms with Crippen LogP contribution in [-0.4, -0.2) is 12.8 Å². The molecule has 2 N–H and O–H groups in total. The number of ketones is 1. The zero-order chi connectivity index (χ0) is 12.7. The van der Waals surface area contributed by atoms with Gasteiger partial charge >= 0.3 is 0 Å². The Morgan fingerprint density at radius 3 is 1.82 bits per heavy atom. The van der Waals surface area contributed by atoms with Crippen LogP contribution in [-0.2, 0) is 0 Å². The Kier molecular flexibility index (Phi) is 5.11. The highest BCUT2D eigenvalue weighted by Crippen LogP contribution is 2.10. The lowest BCUT2D eigenvalue weighted by Gasteiger charge is -2.00. The molecule has 0 radical (unpaired) electrons. The number of aryl methyl sites for hydroxylation is 1. The Morgan fingerprint density at radius 2 is 1.29 bits per heavy atom. The van der Waals surface area contributed by atoms with E-state index in [0.29, 0.717) is 0 Å². The molecule has 0 aliphatic heterocycles. The molecule has 0 heterocycles. The largest absolute Gasteiger partial charge is 0.333 e. The monoisotopic (exact) mass is 227 g/mol. The van der Waals surface area contributed by atoms with Crippen molar-refractivity contribution >= 4 is 5.78 Å². The van der Waals surface area contributed by atoms with Crippen LogP contribution in [0.15, 0.2) is 54.6 Å². The molecule has 0 saturated heterocycles. The average molecular weight is 227 g/mol. The molecule has 0 bridgehead atoms. The van der Waals surface area contributed by atoms with Crippen molar-refractivity contribution in [3.8, 4) is 0 Å². The number of hydrogen-bond acceptors (Lipinski definition) is 2. The van der Waals surface area contributed by atoms with Crippen molar-refractivity contribution in [3.63, 3.8) is 0 Å². The molecule has 2 aromatic rings. The zero-order valence-corrected chi connectivity index (χ0v) is 10.2. The molecule has 88 valence electrons.